The van der Waals surface area contributed by atoms with E-state index in [1.807, 2.05) is 10.6 Å². The van der Waals surface area contributed by atoms with Gasteiger partial charge in [0.15, 0.2) is 5.82 Å². The number of nitrogens with zero attached hydrogens (tertiary/aromatic N) is 3. The summed E-state index contributed by atoms with van der Waals surface area (Å²) in [6.45, 7) is 6.20. The maximum Gasteiger partial charge on any atom is 0.258 e. The average Bonchev–Trinajstić information content (AvgIpc) is 3.07. The van der Waals surface area contributed by atoms with E-state index < -0.39 is 0 Å². The third-order valence-corrected chi connectivity index (χ3v) is 3.96. The standard InChI is InChI=1S/C20H20N4O2/c1-3-16-8-17(9-21-18(16)12-25)20(26)23-19-11-24(13-22-19)10-15-6-4-5-14(2)7-15/h3-9,11,13,25H,1,10,12H2,2H3,(H,23,26). The molecule has 26 heavy (non-hydrogen) atoms. The van der Waals surface area contributed by atoms with Crippen molar-refractivity contribution < 1.29 is 9.90 Å². The Morgan fingerprint density at radius 3 is 2.92 bits per heavy atom. The van der Waals surface area contributed by atoms with Crippen LogP contribution in [0.4, 0.5) is 5.82 Å². The predicted molar refractivity (Wildman–Crippen MR) is 101 cm³/mol. The van der Waals surface area contributed by atoms with Gasteiger partial charge >= 0.3 is 0 Å². The summed E-state index contributed by atoms with van der Waals surface area (Å²) < 4.78 is 1.91. The fraction of sp³-hybridized carbons (Fsp3) is 0.150. The summed E-state index contributed by atoms with van der Waals surface area (Å²) >= 11 is 0. The first-order valence-corrected chi connectivity index (χ1v) is 8.20. The molecule has 0 aliphatic carbocycles. The lowest BCUT2D eigenvalue weighted by Gasteiger charge is -2.06. The Bertz CT molecular complexity index is 946. The molecule has 0 bridgehead atoms. The van der Waals surface area contributed by atoms with Crippen LogP contribution in [0, 0.1) is 6.92 Å². The van der Waals surface area contributed by atoms with E-state index >= 15 is 0 Å². The summed E-state index contributed by atoms with van der Waals surface area (Å²) in [7, 11) is 0. The van der Waals surface area contributed by atoms with E-state index in [1.54, 1.807) is 24.7 Å². The van der Waals surface area contributed by atoms with Crippen LogP contribution in [0.5, 0.6) is 0 Å². The molecule has 2 aromatic heterocycles. The number of amides is 1. The van der Waals surface area contributed by atoms with Crippen molar-refractivity contribution in [2.75, 3.05) is 5.32 Å². The Morgan fingerprint density at radius 1 is 1.35 bits per heavy atom. The van der Waals surface area contributed by atoms with E-state index in [4.69, 9.17) is 0 Å². The fourth-order valence-electron chi connectivity index (χ4n) is 2.66. The van der Waals surface area contributed by atoms with Crippen molar-refractivity contribution in [3.05, 3.63) is 83.6 Å². The minimum Gasteiger partial charge on any atom is -0.390 e. The van der Waals surface area contributed by atoms with Gasteiger partial charge in [-0.25, -0.2) is 4.98 Å². The first-order chi connectivity index (χ1) is 12.6. The number of carbonyl (C=O) groups excluding carboxylic acids is 1. The van der Waals surface area contributed by atoms with Gasteiger partial charge < -0.3 is 15.0 Å². The van der Waals surface area contributed by atoms with Crippen LogP contribution in [0.1, 0.15) is 32.7 Å². The molecule has 3 rings (SSSR count). The molecular formula is C20H20N4O2. The van der Waals surface area contributed by atoms with E-state index in [2.05, 4.69) is 47.0 Å². The number of aliphatic hydroxyl groups is 1. The lowest BCUT2D eigenvalue weighted by atomic mass is 10.1. The molecule has 1 aromatic carbocycles. The van der Waals surface area contributed by atoms with Crippen LogP contribution in [0.15, 0.2) is 55.6 Å². The summed E-state index contributed by atoms with van der Waals surface area (Å²) in [5.41, 5.74) is 3.86. The summed E-state index contributed by atoms with van der Waals surface area (Å²) in [5, 5.41) is 12.0. The van der Waals surface area contributed by atoms with Gasteiger partial charge in [0.1, 0.15) is 0 Å². The van der Waals surface area contributed by atoms with Crippen molar-refractivity contribution in [3.63, 3.8) is 0 Å². The molecule has 0 unspecified atom stereocenters. The average molecular weight is 348 g/mol. The van der Waals surface area contributed by atoms with Crippen molar-refractivity contribution in [1.82, 2.24) is 14.5 Å². The normalized spacial score (nSPS) is 10.5. The molecule has 0 atom stereocenters. The van der Waals surface area contributed by atoms with Crippen molar-refractivity contribution in [2.45, 2.75) is 20.1 Å². The third-order valence-electron chi connectivity index (χ3n) is 3.96. The number of hydrogen-bond donors (Lipinski definition) is 2. The highest BCUT2D eigenvalue weighted by molar-refractivity contribution is 6.03. The van der Waals surface area contributed by atoms with E-state index in [1.165, 1.54) is 17.3 Å². The molecule has 6 heteroatoms. The Hall–Kier alpha value is -3.25. The number of carbonyl (C=O) groups is 1. The number of rotatable bonds is 6. The van der Waals surface area contributed by atoms with Crippen LogP contribution in [-0.2, 0) is 13.2 Å². The number of aromatic nitrogens is 3. The van der Waals surface area contributed by atoms with Crippen molar-refractivity contribution in [3.8, 4) is 0 Å². The summed E-state index contributed by atoms with van der Waals surface area (Å²) in [5.74, 6) is 0.153. The van der Waals surface area contributed by atoms with Gasteiger partial charge in [0, 0.05) is 18.9 Å². The number of imidazole rings is 1. The quantitative estimate of drug-likeness (QED) is 0.718. The SMILES string of the molecule is C=Cc1cc(C(=O)Nc2cn(Cc3cccc(C)c3)cn2)cnc1CO. The van der Waals surface area contributed by atoms with Crippen molar-refractivity contribution >= 4 is 17.8 Å². The van der Waals surface area contributed by atoms with Crippen LogP contribution in [0.2, 0.25) is 0 Å². The molecule has 0 radical (unpaired) electrons. The first-order valence-electron chi connectivity index (χ1n) is 8.20. The Labute approximate surface area is 151 Å². The van der Waals surface area contributed by atoms with Gasteiger partial charge in [0.25, 0.3) is 5.91 Å². The first kappa shape index (κ1) is 17.6. The lowest BCUT2D eigenvalue weighted by molar-refractivity contribution is 0.102. The van der Waals surface area contributed by atoms with E-state index in [0.29, 0.717) is 29.2 Å². The Morgan fingerprint density at radius 2 is 2.19 bits per heavy atom. The molecule has 0 fully saturated rings. The van der Waals surface area contributed by atoms with Crippen LogP contribution >= 0.6 is 0 Å². The van der Waals surface area contributed by atoms with E-state index in [9.17, 15) is 9.90 Å². The van der Waals surface area contributed by atoms with Crippen molar-refractivity contribution in [2.24, 2.45) is 0 Å². The highest BCUT2D eigenvalue weighted by atomic mass is 16.3. The van der Waals surface area contributed by atoms with E-state index in [-0.39, 0.29) is 12.5 Å². The maximum absolute atomic E-state index is 12.4. The molecule has 0 spiro atoms. The second kappa shape index (κ2) is 7.76. The number of nitrogens with one attached hydrogen (secondary N) is 1. The molecule has 132 valence electrons. The number of pyridine rings is 1. The molecular weight excluding hydrogens is 328 g/mol. The van der Waals surface area contributed by atoms with Gasteiger partial charge in [-0.2, -0.15) is 0 Å². The molecule has 1 amide bonds. The molecule has 0 aliphatic rings. The smallest absolute Gasteiger partial charge is 0.258 e. The summed E-state index contributed by atoms with van der Waals surface area (Å²) in [6.07, 6.45) is 6.45. The molecule has 6 nitrogen and oxygen atoms in total. The number of hydrogen-bond acceptors (Lipinski definition) is 4. The number of aryl methyl sites for hydroxylation is 1. The van der Waals surface area contributed by atoms with Gasteiger partial charge in [0.2, 0.25) is 0 Å². The molecule has 2 heterocycles. The van der Waals surface area contributed by atoms with E-state index in [0.717, 1.165) is 0 Å². The minimum absolute atomic E-state index is 0.202. The van der Waals surface area contributed by atoms with Crippen LogP contribution < -0.4 is 5.32 Å². The molecule has 0 saturated carbocycles. The molecule has 2 N–H and O–H groups in total. The topological polar surface area (TPSA) is 80.0 Å². The number of benzene rings is 1. The maximum atomic E-state index is 12.4. The predicted octanol–water partition coefficient (Wildman–Crippen LogP) is 3.02. The van der Waals surface area contributed by atoms with Crippen molar-refractivity contribution in [1.29, 1.82) is 0 Å². The largest absolute Gasteiger partial charge is 0.390 e. The van der Waals surface area contributed by atoms with Gasteiger partial charge in [-0.1, -0.05) is 42.5 Å². The fourth-order valence-corrected chi connectivity index (χ4v) is 2.66. The summed E-state index contributed by atoms with van der Waals surface area (Å²) in [6, 6.07) is 9.88. The minimum atomic E-state index is -0.314. The molecule has 0 saturated heterocycles. The Balaban J connectivity index is 1.70. The second-order valence-corrected chi connectivity index (χ2v) is 6.00. The monoisotopic (exact) mass is 348 g/mol. The second-order valence-electron chi connectivity index (χ2n) is 6.00. The van der Waals surface area contributed by atoms with Crippen LogP contribution in [0.25, 0.3) is 6.08 Å². The Kier molecular flexibility index (Phi) is 5.24. The molecule has 0 aliphatic heterocycles. The number of anilines is 1. The zero-order valence-electron chi connectivity index (χ0n) is 14.5. The van der Waals surface area contributed by atoms with Gasteiger partial charge in [0.05, 0.1) is 24.2 Å². The van der Waals surface area contributed by atoms with Gasteiger partial charge in [-0.3, -0.25) is 9.78 Å². The van der Waals surface area contributed by atoms with Gasteiger partial charge in [-0.05, 0) is 24.1 Å². The third kappa shape index (κ3) is 4.04. The van der Waals surface area contributed by atoms with Crippen LogP contribution in [-0.4, -0.2) is 25.5 Å². The zero-order chi connectivity index (χ0) is 18.5. The molecule has 3 aromatic rings. The highest BCUT2D eigenvalue weighted by Gasteiger charge is 2.11. The number of aliphatic hydroxyl groups excluding tert-OH is 1. The summed E-state index contributed by atoms with van der Waals surface area (Å²) in [4.78, 5) is 20.7. The lowest BCUT2D eigenvalue weighted by Crippen LogP contribution is -2.13. The van der Waals surface area contributed by atoms with Gasteiger partial charge in [-0.15, -0.1) is 0 Å². The zero-order valence-corrected chi connectivity index (χ0v) is 14.5. The van der Waals surface area contributed by atoms with Crippen LogP contribution in [0.3, 0.4) is 0 Å². The highest BCUT2D eigenvalue weighted by Crippen LogP contribution is 2.13.